The van der Waals surface area contributed by atoms with E-state index in [-0.39, 0.29) is 0 Å². The van der Waals surface area contributed by atoms with Crippen LogP contribution in [0.5, 0.6) is 0 Å². The number of hydrogen-bond acceptors (Lipinski definition) is 5. The van der Waals surface area contributed by atoms with Crippen LogP contribution in [0.3, 0.4) is 0 Å². The monoisotopic (exact) mass is 264 g/mol. The molecule has 0 aliphatic carbocycles. The maximum absolute atomic E-state index is 9.76. The van der Waals surface area contributed by atoms with Crippen molar-refractivity contribution in [1.29, 1.82) is 0 Å². The minimum atomic E-state index is -0.399. The van der Waals surface area contributed by atoms with Crippen molar-refractivity contribution in [3.05, 3.63) is 28.7 Å². The molecule has 1 N–H and O–H groups in total. The molecule has 0 aliphatic rings. The van der Waals surface area contributed by atoms with Crippen molar-refractivity contribution in [2.45, 2.75) is 53.2 Å². The lowest BCUT2D eigenvalue weighted by Gasteiger charge is -2.10. The molecular formula is C13H20N4O2. The predicted molar refractivity (Wildman–Crippen MR) is 69.8 cm³/mol. The third kappa shape index (κ3) is 3.01. The number of aromatic nitrogens is 4. The largest absolute Gasteiger partial charge is 0.391 e. The van der Waals surface area contributed by atoms with Crippen LogP contribution in [0.25, 0.3) is 0 Å². The molecule has 2 aromatic heterocycles. The van der Waals surface area contributed by atoms with E-state index in [9.17, 15) is 5.11 Å². The van der Waals surface area contributed by atoms with E-state index in [4.69, 9.17) is 4.52 Å². The molecule has 0 saturated heterocycles. The van der Waals surface area contributed by atoms with Crippen LogP contribution in [0.4, 0.5) is 0 Å². The fourth-order valence-electron chi connectivity index (χ4n) is 2.02. The second-order valence-corrected chi connectivity index (χ2v) is 4.80. The molecule has 0 aliphatic heterocycles. The third-order valence-electron chi connectivity index (χ3n) is 3.23. The van der Waals surface area contributed by atoms with Gasteiger partial charge in [-0.25, -0.2) is 9.67 Å². The summed E-state index contributed by atoms with van der Waals surface area (Å²) in [7, 11) is 0. The van der Waals surface area contributed by atoms with E-state index in [2.05, 4.69) is 15.2 Å². The number of aliphatic hydroxyl groups is 1. The van der Waals surface area contributed by atoms with Gasteiger partial charge in [-0.3, -0.25) is 0 Å². The van der Waals surface area contributed by atoms with Gasteiger partial charge >= 0.3 is 0 Å². The zero-order valence-corrected chi connectivity index (χ0v) is 11.8. The summed E-state index contributed by atoms with van der Waals surface area (Å²) in [4.78, 5) is 4.43. The van der Waals surface area contributed by atoms with Gasteiger partial charge in [-0.05, 0) is 27.2 Å². The Morgan fingerprint density at radius 2 is 2.05 bits per heavy atom. The molecular weight excluding hydrogens is 244 g/mol. The highest BCUT2D eigenvalue weighted by Gasteiger charge is 2.16. The van der Waals surface area contributed by atoms with E-state index < -0.39 is 6.10 Å². The quantitative estimate of drug-likeness (QED) is 0.886. The van der Waals surface area contributed by atoms with Gasteiger partial charge in [0.25, 0.3) is 0 Å². The van der Waals surface area contributed by atoms with Gasteiger partial charge in [0.15, 0.2) is 0 Å². The maximum atomic E-state index is 9.76. The summed E-state index contributed by atoms with van der Waals surface area (Å²) in [6.07, 6.45) is 0.923. The Kier molecular flexibility index (Phi) is 3.99. The van der Waals surface area contributed by atoms with Crippen LogP contribution >= 0.6 is 0 Å². The van der Waals surface area contributed by atoms with Crippen LogP contribution in [-0.2, 0) is 13.0 Å². The Morgan fingerprint density at radius 1 is 1.32 bits per heavy atom. The van der Waals surface area contributed by atoms with Crippen molar-refractivity contribution in [2.24, 2.45) is 0 Å². The van der Waals surface area contributed by atoms with Crippen LogP contribution in [0, 0.1) is 20.8 Å². The van der Waals surface area contributed by atoms with Crippen molar-refractivity contribution >= 4 is 0 Å². The Labute approximate surface area is 112 Å². The Hall–Kier alpha value is -1.69. The molecule has 104 valence electrons. The summed E-state index contributed by atoms with van der Waals surface area (Å²) in [6, 6.07) is 0. The smallest absolute Gasteiger partial charge is 0.147 e. The first-order valence-corrected chi connectivity index (χ1v) is 6.51. The van der Waals surface area contributed by atoms with Gasteiger partial charge in [0.05, 0.1) is 18.3 Å². The first-order valence-electron chi connectivity index (χ1n) is 6.51. The molecule has 2 rings (SSSR count). The Morgan fingerprint density at radius 3 is 2.63 bits per heavy atom. The number of hydrogen-bond donors (Lipinski definition) is 1. The molecule has 0 amide bonds. The summed E-state index contributed by atoms with van der Waals surface area (Å²) in [5.74, 6) is 2.35. The zero-order chi connectivity index (χ0) is 14.0. The fraction of sp³-hybridized carbons (Fsp3) is 0.615. The molecule has 0 fully saturated rings. The normalized spacial score (nSPS) is 12.9. The Bertz CT molecular complexity index is 539. The minimum Gasteiger partial charge on any atom is -0.391 e. The van der Waals surface area contributed by atoms with Gasteiger partial charge in [-0.15, -0.1) is 0 Å². The highest BCUT2D eigenvalue weighted by molar-refractivity contribution is 5.24. The molecule has 1 atom stereocenters. The van der Waals surface area contributed by atoms with Gasteiger partial charge < -0.3 is 9.63 Å². The van der Waals surface area contributed by atoms with Crippen molar-refractivity contribution < 1.29 is 9.63 Å². The third-order valence-corrected chi connectivity index (χ3v) is 3.23. The highest BCUT2D eigenvalue weighted by atomic mass is 16.5. The topological polar surface area (TPSA) is 77.0 Å². The molecule has 2 heterocycles. The van der Waals surface area contributed by atoms with Crippen molar-refractivity contribution in [1.82, 2.24) is 19.9 Å². The highest BCUT2D eigenvalue weighted by Crippen LogP contribution is 2.16. The molecule has 0 radical (unpaired) electrons. The van der Waals surface area contributed by atoms with Crippen LogP contribution < -0.4 is 0 Å². The molecule has 2 aromatic rings. The number of rotatable bonds is 5. The van der Waals surface area contributed by atoms with Crippen LogP contribution in [0.2, 0.25) is 0 Å². The van der Waals surface area contributed by atoms with Crippen LogP contribution in [0.15, 0.2) is 4.52 Å². The van der Waals surface area contributed by atoms with E-state index in [1.807, 2.05) is 27.7 Å². The molecule has 0 bridgehead atoms. The standard InChI is InChI=1S/C13H20N4O2/c1-5-11(18)7-17-13(14-10(4)15-17)6-12-8(2)16-19-9(12)3/h11,18H,5-7H2,1-4H3/t11-/m1/s1. The molecule has 0 saturated carbocycles. The molecule has 6 nitrogen and oxygen atoms in total. The van der Waals surface area contributed by atoms with Crippen molar-refractivity contribution in [2.75, 3.05) is 0 Å². The van der Waals surface area contributed by atoms with Gasteiger partial charge in [0.2, 0.25) is 0 Å². The predicted octanol–water partition coefficient (Wildman–Crippen LogP) is 1.55. The average Bonchev–Trinajstić information content (AvgIpc) is 2.86. The van der Waals surface area contributed by atoms with Crippen LogP contribution in [-0.4, -0.2) is 31.1 Å². The molecule has 0 unspecified atom stereocenters. The van der Waals surface area contributed by atoms with E-state index in [1.54, 1.807) is 4.68 Å². The molecule has 19 heavy (non-hydrogen) atoms. The van der Waals surface area contributed by atoms with E-state index in [0.29, 0.717) is 25.2 Å². The van der Waals surface area contributed by atoms with Gasteiger partial charge in [-0.2, -0.15) is 5.10 Å². The average molecular weight is 264 g/mol. The molecule has 0 aromatic carbocycles. The number of aliphatic hydroxyl groups excluding tert-OH is 1. The van der Waals surface area contributed by atoms with E-state index in [1.165, 1.54) is 0 Å². The van der Waals surface area contributed by atoms with Crippen LogP contribution in [0.1, 0.15) is 42.0 Å². The maximum Gasteiger partial charge on any atom is 0.147 e. The summed E-state index contributed by atoms with van der Waals surface area (Å²) in [5.41, 5.74) is 1.92. The second-order valence-electron chi connectivity index (χ2n) is 4.80. The zero-order valence-electron chi connectivity index (χ0n) is 11.8. The molecule has 6 heteroatoms. The summed E-state index contributed by atoms with van der Waals surface area (Å²) >= 11 is 0. The number of nitrogens with zero attached hydrogens (tertiary/aromatic N) is 4. The number of aryl methyl sites for hydroxylation is 3. The molecule has 0 spiro atoms. The van der Waals surface area contributed by atoms with Gasteiger partial charge in [0.1, 0.15) is 17.4 Å². The van der Waals surface area contributed by atoms with E-state index in [0.717, 1.165) is 22.8 Å². The SMILES string of the molecule is CC[C@@H](O)Cn1nc(C)nc1Cc1c(C)noc1C. The van der Waals surface area contributed by atoms with Gasteiger partial charge in [0, 0.05) is 12.0 Å². The second kappa shape index (κ2) is 5.52. The summed E-state index contributed by atoms with van der Waals surface area (Å²) in [5, 5.41) is 18.0. The van der Waals surface area contributed by atoms with Crippen molar-refractivity contribution in [3.8, 4) is 0 Å². The lowest BCUT2D eigenvalue weighted by atomic mass is 10.1. The van der Waals surface area contributed by atoms with Gasteiger partial charge in [-0.1, -0.05) is 12.1 Å². The Balaban J connectivity index is 2.25. The lowest BCUT2D eigenvalue weighted by Crippen LogP contribution is -2.18. The van der Waals surface area contributed by atoms with E-state index >= 15 is 0 Å². The van der Waals surface area contributed by atoms with Crippen molar-refractivity contribution in [3.63, 3.8) is 0 Å². The first kappa shape index (κ1) is 13.7. The lowest BCUT2D eigenvalue weighted by molar-refractivity contribution is 0.144. The summed E-state index contributed by atoms with van der Waals surface area (Å²) < 4.78 is 6.93. The fourth-order valence-corrected chi connectivity index (χ4v) is 2.02. The summed E-state index contributed by atoms with van der Waals surface area (Å²) in [6.45, 7) is 8.08. The minimum absolute atomic E-state index is 0.399. The first-order chi connectivity index (χ1) is 9.01.